The zero-order valence-corrected chi connectivity index (χ0v) is 10.5. The molecule has 19 heavy (non-hydrogen) atoms. The van der Waals surface area contributed by atoms with Crippen LogP contribution in [0.15, 0.2) is 30.3 Å². The summed E-state index contributed by atoms with van der Waals surface area (Å²) in [6.45, 7) is 1.79. The lowest BCUT2D eigenvalue weighted by Gasteiger charge is -2.11. The molecule has 1 rings (SSSR count). The van der Waals surface area contributed by atoms with Crippen LogP contribution >= 0.6 is 0 Å². The van der Waals surface area contributed by atoms with Gasteiger partial charge in [-0.2, -0.15) is 0 Å². The summed E-state index contributed by atoms with van der Waals surface area (Å²) in [5.41, 5.74) is 0.802. The second-order valence-corrected chi connectivity index (χ2v) is 3.57. The summed E-state index contributed by atoms with van der Waals surface area (Å²) in [4.78, 5) is 33.3. The van der Waals surface area contributed by atoms with Gasteiger partial charge in [-0.1, -0.05) is 30.3 Å². The van der Waals surface area contributed by atoms with Crippen LogP contribution in [0, 0.1) is 0 Å². The number of carbonyl (C=O) groups excluding carboxylic acids is 3. The molecule has 1 aromatic rings. The fourth-order valence-corrected chi connectivity index (χ4v) is 1.27. The second kappa shape index (κ2) is 7.86. The molecule has 0 aliphatic heterocycles. The number of nitrogens with one attached hydrogen (secondary N) is 1. The first-order valence-electron chi connectivity index (χ1n) is 5.76. The first-order chi connectivity index (χ1) is 9.17. The maximum atomic E-state index is 11.4. The molecular weight excluding hydrogens is 250 g/mol. The minimum absolute atomic E-state index is 0.0566. The predicted molar refractivity (Wildman–Crippen MR) is 66.2 cm³/mol. The van der Waals surface area contributed by atoms with Crippen LogP contribution < -0.4 is 5.32 Å². The van der Waals surface area contributed by atoms with E-state index in [4.69, 9.17) is 4.74 Å². The molecule has 0 radical (unpaired) electrons. The average molecular weight is 265 g/mol. The SMILES string of the molecule is CCOC(=O)C(C=O)NC(=O)OCc1ccccc1. The molecule has 1 N–H and O–H groups in total. The van der Waals surface area contributed by atoms with Crippen LogP contribution in [0.2, 0.25) is 0 Å². The Morgan fingerprint density at radius 3 is 2.53 bits per heavy atom. The standard InChI is InChI=1S/C13H15NO5/c1-2-18-12(16)11(8-15)14-13(17)19-9-10-6-4-3-5-7-10/h3-8,11H,2,9H2,1H3,(H,14,17). The van der Waals surface area contributed by atoms with E-state index in [-0.39, 0.29) is 13.2 Å². The summed E-state index contributed by atoms with van der Waals surface area (Å²) in [7, 11) is 0. The van der Waals surface area contributed by atoms with Gasteiger partial charge in [0, 0.05) is 0 Å². The van der Waals surface area contributed by atoms with Crippen molar-refractivity contribution in [3.63, 3.8) is 0 Å². The normalized spacial score (nSPS) is 11.2. The zero-order chi connectivity index (χ0) is 14.1. The number of alkyl carbamates (subject to hydrolysis) is 1. The van der Waals surface area contributed by atoms with E-state index in [0.717, 1.165) is 5.56 Å². The molecule has 0 heterocycles. The number of ether oxygens (including phenoxy) is 2. The van der Waals surface area contributed by atoms with Crippen molar-refractivity contribution in [1.82, 2.24) is 5.32 Å². The Hall–Kier alpha value is -2.37. The van der Waals surface area contributed by atoms with E-state index in [2.05, 4.69) is 10.1 Å². The third kappa shape index (κ3) is 5.20. The quantitative estimate of drug-likeness (QED) is 0.472. The van der Waals surface area contributed by atoms with Gasteiger partial charge in [-0.3, -0.25) is 0 Å². The Kier molecular flexibility index (Phi) is 6.08. The number of amides is 1. The van der Waals surface area contributed by atoms with Crippen molar-refractivity contribution in [1.29, 1.82) is 0 Å². The van der Waals surface area contributed by atoms with Crippen LogP contribution in [0.25, 0.3) is 0 Å². The minimum Gasteiger partial charge on any atom is -0.464 e. The first-order valence-corrected chi connectivity index (χ1v) is 5.76. The first kappa shape index (κ1) is 14.7. The second-order valence-electron chi connectivity index (χ2n) is 3.57. The molecule has 0 aromatic heterocycles. The molecule has 0 saturated carbocycles. The van der Waals surface area contributed by atoms with Gasteiger partial charge < -0.3 is 19.6 Å². The van der Waals surface area contributed by atoms with E-state index < -0.39 is 18.1 Å². The lowest BCUT2D eigenvalue weighted by molar-refractivity contribution is -0.146. The average Bonchev–Trinajstić information content (AvgIpc) is 2.44. The van der Waals surface area contributed by atoms with Gasteiger partial charge >= 0.3 is 12.1 Å². The van der Waals surface area contributed by atoms with Crippen LogP contribution in [-0.2, 0) is 25.7 Å². The highest BCUT2D eigenvalue weighted by Gasteiger charge is 2.21. The molecular formula is C13H15NO5. The van der Waals surface area contributed by atoms with Crippen molar-refractivity contribution < 1.29 is 23.9 Å². The Balaban J connectivity index is 2.41. The van der Waals surface area contributed by atoms with Gasteiger partial charge in [0.1, 0.15) is 6.61 Å². The van der Waals surface area contributed by atoms with Crippen molar-refractivity contribution in [2.75, 3.05) is 6.61 Å². The van der Waals surface area contributed by atoms with Gasteiger partial charge in [-0.05, 0) is 12.5 Å². The lowest BCUT2D eigenvalue weighted by Crippen LogP contribution is -2.43. The molecule has 1 aromatic carbocycles. The Morgan fingerprint density at radius 2 is 1.95 bits per heavy atom. The minimum atomic E-state index is -1.34. The fourth-order valence-electron chi connectivity index (χ4n) is 1.27. The summed E-state index contributed by atoms with van der Waals surface area (Å²) < 4.78 is 9.49. The van der Waals surface area contributed by atoms with Gasteiger partial charge in [0.15, 0.2) is 12.3 Å². The summed E-state index contributed by atoms with van der Waals surface area (Å²) in [5.74, 6) is -0.811. The van der Waals surface area contributed by atoms with Crippen molar-refractivity contribution in [2.45, 2.75) is 19.6 Å². The molecule has 0 bridgehead atoms. The van der Waals surface area contributed by atoms with E-state index in [0.29, 0.717) is 6.29 Å². The summed E-state index contributed by atoms with van der Waals surface area (Å²) in [6.07, 6.45) is -0.559. The largest absolute Gasteiger partial charge is 0.464 e. The molecule has 6 nitrogen and oxygen atoms in total. The fraction of sp³-hybridized carbons (Fsp3) is 0.308. The van der Waals surface area contributed by atoms with E-state index in [9.17, 15) is 14.4 Å². The van der Waals surface area contributed by atoms with Gasteiger partial charge in [-0.25, -0.2) is 9.59 Å². The number of esters is 1. The van der Waals surface area contributed by atoms with E-state index in [1.165, 1.54) is 0 Å². The topological polar surface area (TPSA) is 81.7 Å². The van der Waals surface area contributed by atoms with Gasteiger partial charge in [0.2, 0.25) is 0 Å². The van der Waals surface area contributed by atoms with Crippen molar-refractivity contribution in [2.24, 2.45) is 0 Å². The summed E-state index contributed by atoms with van der Waals surface area (Å²) in [5, 5.41) is 2.12. The molecule has 6 heteroatoms. The van der Waals surface area contributed by atoms with E-state index in [1.807, 2.05) is 18.2 Å². The molecule has 0 fully saturated rings. The van der Waals surface area contributed by atoms with Gasteiger partial charge in [-0.15, -0.1) is 0 Å². The Labute approximate surface area is 110 Å². The maximum absolute atomic E-state index is 11.4. The molecule has 0 saturated heterocycles. The zero-order valence-electron chi connectivity index (χ0n) is 10.5. The molecule has 102 valence electrons. The molecule has 1 atom stereocenters. The number of aldehydes is 1. The van der Waals surface area contributed by atoms with Crippen LogP contribution in [-0.4, -0.2) is 31.0 Å². The number of hydrogen-bond acceptors (Lipinski definition) is 5. The highest BCUT2D eigenvalue weighted by molar-refractivity contribution is 5.95. The molecule has 0 aliphatic carbocycles. The molecule has 0 aliphatic rings. The monoisotopic (exact) mass is 265 g/mol. The molecule has 1 amide bonds. The van der Waals surface area contributed by atoms with Crippen molar-refractivity contribution in [3.8, 4) is 0 Å². The number of benzene rings is 1. The highest BCUT2D eigenvalue weighted by atomic mass is 16.6. The van der Waals surface area contributed by atoms with Crippen LogP contribution in [0.1, 0.15) is 12.5 Å². The van der Waals surface area contributed by atoms with Gasteiger partial charge in [0.05, 0.1) is 6.61 Å². The number of hydrogen-bond donors (Lipinski definition) is 1. The third-order valence-electron chi connectivity index (χ3n) is 2.16. The maximum Gasteiger partial charge on any atom is 0.408 e. The van der Waals surface area contributed by atoms with E-state index in [1.54, 1.807) is 19.1 Å². The van der Waals surface area contributed by atoms with Crippen molar-refractivity contribution >= 4 is 18.3 Å². The summed E-state index contributed by atoms with van der Waals surface area (Å²) >= 11 is 0. The smallest absolute Gasteiger partial charge is 0.408 e. The lowest BCUT2D eigenvalue weighted by atomic mass is 10.2. The molecule has 1 unspecified atom stereocenters. The predicted octanol–water partition coefficient (Wildman–Crippen LogP) is 1.04. The number of rotatable bonds is 6. The Morgan fingerprint density at radius 1 is 1.26 bits per heavy atom. The third-order valence-corrected chi connectivity index (χ3v) is 2.16. The summed E-state index contributed by atoms with van der Waals surface area (Å²) in [6, 6.07) is 7.69. The highest BCUT2D eigenvalue weighted by Crippen LogP contribution is 2.00. The van der Waals surface area contributed by atoms with Crippen LogP contribution in [0.3, 0.4) is 0 Å². The Bertz CT molecular complexity index is 432. The van der Waals surface area contributed by atoms with E-state index >= 15 is 0 Å². The van der Waals surface area contributed by atoms with Crippen LogP contribution in [0.4, 0.5) is 4.79 Å². The number of carbonyl (C=O) groups is 3. The van der Waals surface area contributed by atoms with Gasteiger partial charge in [0.25, 0.3) is 0 Å². The molecule has 0 spiro atoms. The van der Waals surface area contributed by atoms with Crippen molar-refractivity contribution in [3.05, 3.63) is 35.9 Å². The van der Waals surface area contributed by atoms with Crippen LogP contribution in [0.5, 0.6) is 0 Å².